The van der Waals surface area contributed by atoms with E-state index in [-0.39, 0.29) is 17.0 Å². The summed E-state index contributed by atoms with van der Waals surface area (Å²) >= 11 is 4.53. The van der Waals surface area contributed by atoms with Crippen LogP contribution in [0.15, 0.2) is 22.8 Å². The van der Waals surface area contributed by atoms with Gasteiger partial charge in [-0.2, -0.15) is 0 Å². The maximum absolute atomic E-state index is 7.50. The minimum absolute atomic E-state index is 0. The van der Waals surface area contributed by atoms with E-state index in [0.717, 1.165) is 11.0 Å². The fraction of sp³-hybridized carbons (Fsp3) is 0.167. The predicted octanol–water partition coefficient (Wildman–Crippen LogP) is -2.02. The van der Waals surface area contributed by atoms with Crippen LogP contribution >= 0.6 is 0 Å². The molecule has 0 aromatic rings. The van der Waals surface area contributed by atoms with E-state index in [0.29, 0.717) is 0 Å². The molecular weight excluding hydrogens is 227 g/mol. The number of rotatable bonds is 0. The Morgan fingerprint density at radius 2 is 2.11 bits per heavy atom. The summed E-state index contributed by atoms with van der Waals surface area (Å²) in [6, 6.07) is 0. The van der Waals surface area contributed by atoms with Crippen molar-refractivity contribution in [3.05, 3.63) is 22.8 Å². The van der Waals surface area contributed by atoms with Crippen LogP contribution in [0, 0.1) is 0 Å². The van der Waals surface area contributed by atoms with E-state index < -0.39 is 0 Å². The Labute approximate surface area is 73.3 Å². The van der Waals surface area contributed by atoms with Crippen LogP contribution in [-0.4, -0.2) is 6.79 Å². The van der Waals surface area contributed by atoms with Crippen LogP contribution in [0.3, 0.4) is 0 Å². The van der Waals surface area contributed by atoms with Gasteiger partial charge in [0.05, 0.1) is 0 Å². The Bertz CT molecular complexity index is 120. The third-order valence-corrected chi connectivity index (χ3v) is 1.07. The molecule has 0 atom stereocenters. The first-order valence-electron chi connectivity index (χ1n) is 2.08. The molecule has 0 bridgehead atoms. The maximum atomic E-state index is 7.50. The van der Waals surface area contributed by atoms with Gasteiger partial charge in [-0.3, -0.25) is 4.79 Å². The molecule has 0 N–H and O–H groups in total. The predicted molar refractivity (Wildman–Crippen MR) is 27.5 cm³/mol. The van der Waals surface area contributed by atoms with Crippen molar-refractivity contribution in [1.82, 2.24) is 0 Å². The number of halogens is 1. The molecule has 0 heterocycles. The Morgan fingerprint density at radius 3 is 2.22 bits per heavy atom. The Hall–Kier alpha value is 0.124. The van der Waals surface area contributed by atoms with Crippen LogP contribution in [0.2, 0.25) is 0 Å². The molecule has 1 aliphatic carbocycles. The molecule has 1 nitrogen and oxygen atoms in total. The van der Waals surface area contributed by atoms with E-state index in [4.69, 9.17) is 4.79 Å². The monoisotopic (exact) mass is 230 g/mol. The summed E-state index contributed by atoms with van der Waals surface area (Å²) in [4.78, 5) is 7.50. The third-order valence-electron chi connectivity index (χ3n) is 0.703. The van der Waals surface area contributed by atoms with Gasteiger partial charge in [-0.05, 0) is 0 Å². The van der Waals surface area contributed by atoms with Crippen molar-refractivity contribution in [1.29, 1.82) is 0 Å². The molecule has 0 aliphatic heterocycles. The van der Waals surface area contributed by atoms with Crippen molar-refractivity contribution in [3.63, 3.8) is 0 Å². The van der Waals surface area contributed by atoms with Gasteiger partial charge in [0.1, 0.15) is 0 Å². The van der Waals surface area contributed by atoms with Gasteiger partial charge < -0.3 is 17.0 Å². The molecule has 2 radical (unpaired) electrons. The average molecular weight is 232 g/mol. The van der Waals surface area contributed by atoms with Gasteiger partial charge in [-0.1, -0.05) is 0 Å². The summed E-state index contributed by atoms with van der Waals surface area (Å²) < 4.78 is 1.09. The average Bonchev–Trinajstić information content (AvgIpc) is 2.24. The zero-order valence-corrected chi connectivity index (χ0v) is 7.12. The van der Waals surface area contributed by atoms with Gasteiger partial charge in [0.2, 0.25) is 0 Å². The molecule has 1 rings (SSSR count). The van der Waals surface area contributed by atoms with E-state index in [9.17, 15) is 0 Å². The van der Waals surface area contributed by atoms with Crippen molar-refractivity contribution in [2.45, 2.75) is 6.42 Å². The van der Waals surface area contributed by atoms with E-state index in [2.05, 4.69) is 28.3 Å². The zero-order chi connectivity index (χ0) is 6.41. The standard InChI is InChI=1S/C5H5.CO.BrH.Ni/c1-2-4-5-3-1;1-2;;/h1-3H,4H2;;1H;/q;;;+1/p-1. The summed E-state index contributed by atoms with van der Waals surface area (Å²) in [6.07, 6.45) is 7.04. The molecule has 0 saturated carbocycles. The summed E-state index contributed by atoms with van der Waals surface area (Å²) in [7, 11) is 0. The summed E-state index contributed by atoms with van der Waals surface area (Å²) in [5.41, 5.74) is 0. The zero-order valence-electron chi connectivity index (χ0n) is 4.54. The minimum atomic E-state index is 0. The number of hydrogen-bond acceptors (Lipinski definition) is 1. The molecule has 0 spiro atoms. The van der Waals surface area contributed by atoms with Crippen molar-refractivity contribution < 1.29 is 37.2 Å². The molecule has 0 saturated heterocycles. The molecule has 52 valence electrons. The molecule has 0 aromatic carbocycles. The van der Waals surface area contributed by atoms with Crippen LogP contribution < -0.4 is 17.0 Å². The van der Waals surface area contributed by atoms with Gasteiger partial charge in [0, 0.05) is 0 Å². The van der Waals surface area contributed by atoms with Crippen LogP contribution in [0.4, 0.5) is 0 Å². The van der Waals surface area contributed by atoms with Crippen molar-refractivity contribution in [3.8, 4) is 0 Å². The quantitative estimate of drug-likeness (QED) is 0.440. The van der Waals surface area contributed by atoms with Gasteiger partial charge in [0.15, 0.2) is 0 Å². The van der Waals surface area contributed by atoms with Crippen LogP contribution in [0.5, 0.6) is 0 Å². The normalized spacial score (nSPS) is 12.9. The van der Waals surface area contributed by atoms with E-state index >= 15 is 0 Å². The molecule has 1 aliphatic rings. The SMILES string of the molecule is [Br-].[C]=O.[Ni+][C]1=CC=CC1. The summed E-state index contributed by atoms with van der Waals surface area (Å²) in [5, 5.41) is 0. The number of allylic oxidation sites excluding steroid dienone is 4. The Morgan fingerprint density at radius 1 is 1.56 bits per heavy atom. The Balaban J connectivity index is 0. The first kappa shape index (κ1) is 11.9. The summed E-state index contributed by atoms with van der Waals surface area (Å²) in [5.74, 6) is 0. The molecule has 0 fully saturated rings. The van der Waals surface area contributed by atoms with Crippen LogP contribution in [0.1, 0.15) is 6.42 Å². The van der Waals surface area contributed by atoms with E-state index in [1.807, 2.05) is 12.2 Å². The molecular formula is C6H5BrNiO. The number of hydrogen-bond donors (Lipinski definition) is 0. The second-order valence-electron chi connectivity index (χ2n) is 1.21. The van der Waals surface area contributed by atoms with E-state index in [1.54, 1.807) is 0 Å². The molecule has 9 heavy (non-hydrogen) atoms. The number of carbonyl (C=O) groups excluding carboxylic acids is 1. The molecule has 0 amide bonds. The topological polar surface area (TPSA) is 17.1 Å². The first-order chi connectivity index (χ1) is 3.89. The van der Waals surface area contributed by atoms with Crippen molar-refractivity contribution >= 4 is 6.79 Å². The van der Waals surface area contributed by atoms with Crippen LogP contribution in [0.25, 0.3) is 0 Å². The van der Waals surface area contributed by atoms with Gasteiger partial charge in [0.25, 0.3) is 6.79 Å². The van der Waals surface area contributed by atoms with Gasteiger partial charge in [-0.15, -0.1) is 0 Å². The van der Waals surface area contributed by atoms with E-state index in [1.165, 1.54) is 0 Å². The second-order valence-corrected chi connectivity index (χ2v) is 1.84. The first-order valence-corrected chi connectivity index (χ1v) is 2.57. The second kappa shape index (κ2) is 8.12. The van der Waals surface area contributed by atoms with Crippen molar-refractivity contribution in [2.24, 2.45) is 0 Å². The third kappa shape index (κ3) is 6.00. The fourth-order valence-electron chi connectivity index (χ4n) is 0.408. The van der Waals surface area contributed by atoms with Gasteiger partial charge >= 0.3 is 44.7 Å². The summed E-state index contributed by atoms with van der Waals surface area (Å²) in [6.45, 7) is 4.50. The molecule has 0 unspecified atom stereocenters. The van der Waals surface area contributed by atoms with Crippen molar-refractivity contribution in [2.75, 3.05) is 0 Å². The fourth-order valence-corrected chi connectivity index (χ4v) is 0.619. The molecule has 3 heteroatoms. The van der Waals surface area contributed by atoms with Crippen LogP contribution in [-0.2, 0) is 20.3 Å². The van der Waals surface area contributed by atoms with Gasteiger partial charge in [-0.25, -0.2) is 0 Å². The molecule has 0 aromatic heterocycles. The Kier molecular flexibility index (Phi) is 10.7.